The highest BCUT2D eigenvalue weighted by molar-refractivity contribution is 5.71. The minimum Gasteiger partial charge on any atom is -0.313 e. The van der Waals surface area contributed by atoms with Gasteiger partial charge in [-0.15, -0.1) is 0 Å². The molecule has 0 aliphatic rings. The fourth-order valence-electron chi connectivity index (χ4n) is 2.25. The maximum absolute atomic E-state index is 13.7. The van der Waals surface area contributed by atoms with Gasteiger partial charge in [-0.3, -0.25) is 0 Å². The molecule has 100 valence electrons. The van der Waals surface area contributed by atoms with Crippen molar-refractivity contribution in [1.29, 1.82) is 0 Å². The zero-order valence-electron chi connectivity index (χ0n) is 11.8. The molecule has 0 atom stereocenters. The highest BCUT2D eigenvalue weighted by Gasteiger charge is 2.10. The number of nitrogens with one attached hydrogen (secondary N) is 1. The van der Waals surface area contributed by atoms with Gasteiger partial charge in [-0.1, -0.05) is 42.8 Å². The van der Waals surface area contributed by atoms with Crippen molar-refractivity contribution in [2.24, 2.45) is 0 Å². The molecule has 0 bridgehead atoms. The maximum Gasteiger partial charge on any atom is 0.126 e. The van der Waals surface area contributed by atoms with E-state index in [9.17, 15) is 4.39 Å². The smallest absolute Gasteiger partial charge is 0.126 e. The van der Waals surface area contributed by atoms with Crippen molar-refractivity contribution in [1.82, 2.24) is 5.32 Å². The monoisotopic (exact) mass is 257 g/mol. The van der Waals surface area contributed by atoms with Gasteiger partial charge in [0, 0.05) is 6.54 Å². The second-order valence-electron chi connectivity index (χ2n) is 4.85. The zero-order valence-corrected chi connectivity index (χ0v) is 11.8. The molecule has 0 radical (unpaired) electrons. The molecule has 0 amide bonds. The van der Waals surface area contributed by atoms with Crippen LogP contribution in [0.4, 0.5) is 4.39 Å². The first kappa shape index (κ1) is 13.8. The van der Waals surface area contributed by atoms with Gasteiger partial charge in [0.05, 0.1) is 0 Å². The predicted molar refractivity (Wildman–Crippen MR) is 78.7 cm³/mol. The van der Waals surface area contributed by atoms with E-state index in [2.05, 4.69) is 37.4 Å². The third-order valence-electron chi connectivity index (χ3n) is 3.39. The Morgan fingerprint density at radius 1 is 1.05 bits per heavy atom. The second-order valence-corrected chi connectivity index (χ2v) is 4.85. The number of halogens is 1. The summed E-state index contributed by atoms with van der Waals surface area (Å²) in [7, 11) is 0. The lowest BCUT2D eigenvalue weighted by molar-refractivity contribution is 0.619. The van der Waals surface area contributed by atoms with Crippen LogP contribution in [0.25, 0.3) is 11.1 Å². The van der Waals surface area contributed by atoms with E-state index in [-0.39, 0.29) is 5.82 Å². The predicted octanol–water partition coefficient (Wildman–Crippen LogP) is 4.22. The van der Waals surface area contributed by atoms with Crippen LogP contribution in [0.1, 0.15) is 23.6 Å². The van der Waals surface area contributed by atoms with Gasteiger partial charge in [-0.25, -0.2) is 4.39 Å². The molecule has 0 aromatic heterocycles. The second kappa shape index (κ2) is 5.98. The van der Waals surface area contributed by atoms with Crippen molar-refractivity contribution in [3.8, 4) is 11.1 Å². The molecular weight excluding hydrogens is 237 g/mol. The van der Waals surface area contributed by atoms with E-state index in [0.29, 0.717) is 5.56 Å². The minimum atomic E-state index is -0.145. The van der Waals surface area contributed by atoms with E-state index in [1.165, 1.54) is 17.2 Å². The van der Waals surface area contributed by atoms with Gasteiger partial charge in [-0.05, 0) is 48.7 Å². The third-order valence-corrected chi connectivity index (χ3v) is 3.39. The van der Waals surface area contributed by atoms with Gasteiger partial charge in [0.2, 0.25) is 0 Å². The lowest BCUT2D eigenvalue weighted by Gasteiger charge is -2.14. The summed E-state index contributed by atoms with van der Waals surface area (Å²) in [5, 5.41) is 3.33. The minimum absolute atomic E-state index is 0.145. The molecular formula is C17H20FN. The molecule has 19 heavy (non-hydrogen) atoms. The number of rotatable bonds is 4. The van der Waals surface area contributed by atoms with Crippen molar-refractivity contribution in [3.05, 3.63) is 58.9 Å². The fraction of sp³-hybridized carbons (Fsp3) is 0.294. The molecule has 0 saturated heterocycles. The Morgan fingerprint density at radius 3 is 2.58 bits per heavy atom. The molecule has 0 spiro atoms. The van der Waals surface area contributed by atoms with Crippen molar-refractivity contribution in [2.75, 3.05) is 6.54 Å². The summed E-state index contributed by atoms with van der Waals surface area (Å²) >= 11 is 0. The van der Waals surface area contributed by atoms with Crippen molar-refractivity contribution in [3.63, 3.8) is 0 Å². The third kappa shape index (κ3) is 3.02. The SMILES string of the molecule is CCNCc1ccc(C)cc1-c1cccc(F)c1C. The summed E-state index contributed by atoms with van der Waals surface area (Å²) in [6.45, 7) is 7.72. The van der Waals surface area contributed by atoms with Gasteiger partial charge < -0.3 is 5.32 Å². The summed E-state index contributed by atoms with van der Waals surface area (Å²) in [4.78, 5) is 0. The lowest BCUT2D eigenvalue weighted by Crippen LogP contribution is -2.12. The Morgan fingerprint density at radius 2 is 1.84 bits per heavy atom. The molecule has 0 unspecified atom stereocenters. The van der Waals surface area contributed by atoms with E-state index >= 15 is 0 Å². The van der Waals surface area contributed by atoms with E-state index in [0.717, 1.165) is 24.2 Å². The molecule has 0 saturated carbocycles. The molecule has 1 nitrogen and oxygen atoms in total. The Bertz CT molecular complexity index is 575. The van der Waals surface area contributed by atoms with Crippen LogP contribution in [-0.4, -0.2) is 6.54 Å². The number of hydrogen-bond donors (Lipinski definition) is 1. The quantitative estimate of drug-likeness (QED) is 0.864. The molecule has 0 fully saturated rings. The van der Waals surface area contributed by atoms with Crippen LogP contribution in [0.3, 0.4) is 0 Å². The van der Waals surface area contributed by atoms with Crippen molar-refractivity contribution in [2.45, 2.75) is 27.3 Å². The average molecular weight is 257 g/mol. The van der Waals surface area contributed by atoms with Crippen LogP contribution in [0.5, 0.6) is 0 Å². The highest BCUT2D eigenvalue weighted by Crippen LogP contribution is 2.29. The number of benzene rings is 2. The van der Waals surface area contributed by atoms with Crippen molar-refractivity contribution < 1.29 is 4.39 Å². The molecule has 0 heterocycles. The van der Waals surface area contributed by atoms with E-state index < -0.39 is 0 Å². The van der Waals surface area contributed by atoms with Gasteiger partial charge in [0.15, 0.2) is 0 Å². The molecule has 2 rings (SSSR count). The van der Waals surface area contributed by atoms with Gasteiger partial charge >= 0.3 is 0 Å². The first-order chi connectivity index (χ1) is 9.13. The Kier molecular flexibility index (Phi) is 4.33. The molecule has 1 N–H and O–H groups in total. The molecule has 2 aromatic carbocycles. The summed E-state index contributed by atoms with van der Waals surface area (Å²) in [5.74, 6) is -0.145. The van der Waals surface area contributed by atoms with E-state index in [4.69, 9.17) is 0 Å². The first-order valence-corrected chi connectivity index (χ1v) is 6.69. The molecule has 2 heteroatoms. The normalized spacial score (nSPS) is 10.7. The fourth-order valence-corrected chi connectivity index (χ4v) is 2.25. The van der Waals surface area contributed by atoms with E-state index in [1.54, 1.807) is 6.07 Å². The van der Waals surface area contributed by atoms with Crippen LogP contribution >= 0.6 is 0 Å². The van der Waals surface area contributed by atoms with Gasteiger partial charge in [0.25, 0.3) is 0 Å². The number of aryl methyl sites for hydroxylation is 1. The standard InChI is InChI=1S/C17H20FN/c1-4-19-11-14-9-8-12(2)10-16(14)15-6-5-7-17(18)13(15)3/h5-10,19H,4,11H2,1-3H3. The number of hydrogen-bond acceptors (Lipinski definition) is 1. The van der Waals surface area contributed by atoms with Crippen molar-refractivity contribution >= 4 is 0 Å². The van der Waals surface area contributed by atoms with E-state index in [1.807, 2.05) is 13.0 Å². The largest absolute Gasteiger partial charge is 0.313 e. The summed E-state index contributed by atoms with van der Waals surface area (Å²) < 4.78 is 13.7. The van der Waals surface area contributed by atoms with Crippen LogP contribution in [0.15, 0.2) is 36.4 Å². The summed E-state index contributed by atoms with van der Waals surface area (Å²) in [6, 6.07) is 11.6. The maximum atomic E-state index is 13.7. The zero-order chi connectivity index (χ0) is 13.8. The summed E-state index contributed by atoms with van der Waals surface area (Å²) in [5.41, 5.74) is 5.22. The van der Waals surface area contributed by atoms with Crippen LogP contribution in [0, 0.1) is 19.7 Å². The van der Waals surface area contributed by atoms with Crippen LogP contribution in [-0.2, 0) is 6.54 Å². The van der Waals surface area contributed by atoms with Crippen LogP contribution in [0.2, 0.25) is 0 Å². The molecule has 0 aliphatic carbocycles. The Labute approximate surface area is 114 Å². The van der Waals surface area contributed by atoms with Gasteiger partial charge in [0.1, 0.15) is 5.82 Å². The van der Waals surface area contributed by atoms with Crippen LogP contribution < -0.4 is 5.32 Å². The summed E-state index contributed by atoms with van der Waals surface area (Å²) in [6.07, 6.45) is 0. The molecule has 0 aliphatic heterocycles. The Hall–Kier alpha value is -1.67. The lowest BCUT2D eigenvalue weighted by atomic mass is 9.94. The highest BCUT2D eigenvalue weighted by atomic mass is 19.1. The topological polar surface area (TPSA) is 12.0 Å². The van der Waals surface area contributed by atoms with Gasteiger partial charge in [-0.2, -0.15) is 0 Å². The Balaban J connectivity index is 2.53. The average Bonchev–Trinajstić information content (AvgIpc) is 2.40. The molecule has 2 aromatic rings. The first-order valence-electron chi connectivity index (χ1n) is 6.69.